The Labute approximate surface area is 162 Å². The minimum atomic E-state index is -0.325. The minimum absolute atomic E-state index is 0.144. The maximum atomic E-state index is 12.9. The van der Waals surface area contributed by atoms with E-state index in [9.17, 15) is 9.18 Å². The molecule has 0 aliphatic carbocycles. The monoisotopic (exact) mass is 383 g/mol. The van der Waals surface area contributed by atoms with Crippen molar-refractivity contribution in [3.05, 3.63) is 71.0 Å². The third kappa shape index (κ3) is 5.45. The molecule has 1 N–H and O–H groups in total. The SMILES string of the molecule is CCc1ccc(-c2nc(CN(C)CC(=O)Nc3ccc(F)cc3)cs2)cc1. The van der Waals surface area contributed by atoms with E-state index in [-0.39, 0.29) is 18.3 Å². The van der Waals surface area contributed by atoms with E-state index < -0.39 is 0 Å². The van der Waals surface area contributed by atoms with Crippen LogP contribution in [0.3, 0.4) is 0 Å². The lowest BCUT2D eigenvalue weighted by atomic mass is 10.1. The Bertz CT molecular complexity index is 891. The number of aromatic nitrogens is 1. The zero-order valence-electron chi connectivity index (χ0n) is 15.4. The predicted octanol–water partition coefficient (Wildman–Crippen LogP) is 4.58. The van der Waals surface area contributed by atoms with Crippen molar-refractivity contribution < 1.29 is 9.18 Å². The van der Waals surface area contributed by atoms with E-state index in [1.807, 2.05) is 17.3 Å². The fourth-order valence-corrected chi connectivity index (χ4v) is 3.52. The molecule has 0 bridgehead atoms. The maximum Gasteiger partial charge on any atom is 0.238 e. The average Bonchev–Trinajstić information content (AvgIpc) is 3.12. The van der Waals surface area contributed by atoms with Crippen LogP contribution in [0.15, 0.2) is 53.9 Å². The Morgan fingerprint density at radius 2 is 1.85 bits per heavy atom. The summed E-state index contributed by atoms with van der Waals surface area (Å²) in [6.07, 6.45) is 1.02. The largest absolute Gasteiger partial charge is 0.325 e. The van der Waals surface area contributed by atoms with Gasteiger partial charge in [-0.1, -0.05) is 31.2 Å². The van der Waals surface area contributed by atoms with Gasteiger partial charge < -0.3 is 5.32 Å². The molecule has 4 nitrogen and oxygen atoms in total. The van der Waals surface area contributed by atoms with Crippen molar-refractivity contribution in [1.29, 1.82) is 0 Å². The lowest BCUT2D eigenvalue weighted by molar-refractivity contribution is -0.117. The maximum absolute atomic E-state index is 12.9. The van der Waals surface area contributed by atoms with E-state index in [1.165, 1.54) is 17.7 Å². The Balaban J connectivity index is 1.54. The second-order valence-electron chi connectivity index (χ2n) is 6.42. The van der Waals surface area contributed by atoms with Crippen LogP contribution in [0.1, 0.15) is 18.2 Å². The quantitative estimate of drug-likeness (QED) is 0.649. The molecule has 0 atom stereocenters. The van der Waals surface area contributed by atoms with Gasteiger partial charge in [0.1, 0.15) is 10.8 Å². The van der Waals surface area contributed by atoms with Crippen molar-refractivity contribution in [2.75, 3.05) is 18.9 Å². The molecule has 0 saturated carbocycles. The predicted molar refractivity (Wildman–Crippen MR) is 108 cm³/mol. The number of anilines is 1. The molecular formula is C21H22FN3OS. The number of nitrogens with one attached hydrogen (secondary N) is 1. The first-order chi connectivity index (χ1) is 13.0. The van der Waals surface area contributed by atoms with Crippen molar-refractivity contribution in [3.63, 3.8) is 0 Å². The number of rotatable bonds is 7. The Morgan fingerprint density at radius 3 is 2.52 bits per heavy atom. The summed E-state index contributed by atoms with van der Waals surface area (Å²) >= 11 is 1.61. The van der Waals surface area contributed by atoms with Crippen LogP contribution in [0.5, 0.6) is 0 Å². The first-order valence-electron chi connectivity index (χ1n) is 8.81. The van der Waals surface area contributed by atoms with Gasteiger partial charge in [0, 0.05) is 23.2 Å². The number of carbonyl (C=O) groups excluding carboxylic acids is 1. The number of hydrogen-bond acceptors (Lipinski definition) is 4. The second-order valence-corrected chi connectivity index (χ2v) is 7.28. The highest BCUT2D eigenvalue weighted by atomic mass is 32.1. The molecule has 0 saturated heterocycles. The van der Waals surface area contributed by atoms with Gasteiger partial charge in [-0.25, -0.2) is 9.37 Å². The molecule has 27 heavy (non-hydrogen) atoms. The van der Waals surface area contributed by atoms with E-state index in [0.29, 0.717) is 12.2 Å². The topological polar surface area (TPSA) is 45.2 Å². The van der Waals surface area contributed by atoms with E-state index in [0.717, 1.165) is 22.7 Å². The van der Waals surface area contributed by atoms with Gasteiger partial charge in [0.15, 0.2) is 0 Å². The van der Waals surface area contributed by atoms with Crippen LogP contribution in [-0.4, -0.2) is 29.4 Å². The summed E-state index contributed by atoms with van der Waals surface area (Å²) in [5, 5.41) is 5.77. The lowest BCUT2D eigenvalue weighted by Gasteiger charge is -2.15. The van der Waals surface area contributed by atoms with E-state index >= 15 is 0 Å². The minimum Gasteiger partial charge on any atom is -0.325 e. The number of amides is 1. The summed E-state index contributed by atoms with van der Waals surface area (Å²) in [5.74, 6) is -0.469. The van der Waals surface area contributed by atoms with Gasteiger partial charge in [-0.05, 0) is 43.3 Å². The van der Waals surface area contributed by atoms with Crippen molar-refractivity contribution in [2.24, 2.45) is 0 Å². The summed E-state index contributed by atoms with van der Waals surface area (Å²) in [6, 6.07) is 14.2. The van der Waals surface area contributed by atoms with Gasteiger partial charge in [-0.3, -0.25) is 9.69 Å². The molecule has 1 aromatic heterocycles. The van der Waals surface area contributed by atoms with Crippen molar-refractivity contribution in [3.8, 4) is 10.6 Å². The van der Waals surface area contributed by atoms with Crippen LogP contribution in [0.4, 0.5) is 10.1 Å². The number of benzene rings is 2. The van der Waals surface area contributed by atoms with Crippen LogP contribution in [-0.2, 0) is 17.8 Å². The fourth-order valence-electron chi connectivity index (χ4n) is 2.71. The third-order valence-electron chi connectivity index (χ3n) is 4.13. The number of aryl methyl sites for hydroxylation is 1. The van der Waals surface area contributed by atoms with Gasteiger partial charge in [0.25, 0.3) is 0 Å². The molecule has 0 aliphatic rings. The van der Waals surface area contributed by atoms with Crippen LogP contribution >= 0.6 is 11.3 Å². The molecule has 140 valence electrons. The van der Waals surface area contributed by atoms with Gasteiger partial charge in [-0.2, -0.15) is 0 Å². The average molecular weight is 383 g/mol. The standard InChI is InChI=1S/C21H22FN3OS/c1-3-15-4-6-16(7-5-15)21-24-19(14-27-21)12-25(2)13-20(26)23-18-10-8-17(22)9-11-18/h4-11,14H,3,12-13H2,1-2H3,(H,23,26). The van der Waals surface area contributed by atoms with E-state index in [1.54, 1.807) is 23.5 Å². The number of thiazole rings is 1. The normalized spacial score (nSPS) is 11.0. The number of carbonyl (C=O) groups is 1. The first-order valence-corrected chi connectivity index (χ1v) is 9.69. The smallest absolute Gasteiger partial charge is 0.238 e. The lowest BCUT2D eigenvalue weighted by Crippen LogP contribution is -2.29. The van der Waals surface area contributed by atoms with Crippen LogP contribution in [0.2, 0.25) is 0 Å². The molecule has 2 aromatic carbocycles. The van der Waals surface area contributed by atoms with Crippen molar-refractivity contribution in [1.82, 2.24) is 9.88 Å². The summed E-state index contributed by atoms with van der Waals surface area (Å²) in [7, 11) is 1.87. The molecule has 0 aliphatic heterocycles. The van der Waals surface area contributed by atoms with Crippen LogP contribution in [0, 0.1) is 5.82 Å². The third-order valence-corrected chi connectivity index (χ3v) is 5.07. The molecule has 0 fully saturated rings. The van der Waals surface area contributed by atoms with Gasteiger partial charge in [0.2, 0.25) is 5.91 Å². The van der Waals surface area contributed by atoms with Crippen LogP contribution in [0.25, 0.3) is 10.6 Å². The van der Waals surface area contributed by atoms with Crippen molar-refractivity contribution >= 4 is 22.9 Å². The molecule has 6 heteroatoms. The summed E-state index contributed by atoms with van der Waals surface area (Å²) in [4.78, 5) is 18.7. The first kappa shape index (κ1) is 19.2. The molecule has 3 rings (SSSR count). The van der Waals surface area contributed by atoms with Gasteiger partial charge in [-0.15, -0.1) is 11.3 Å². The number of hydrogen-bond donors (Lipinski definition) is 1. The molecular weight excluding hydrogens is 361 g/mol. The second kappa shape index (κ2) is 8.88. The van der Waals surface area contributed by atoms with Crippen molar-refractivity contribution in [2.45, 2.75) is 19.9 Å². The number of nitrogens with zero attached hydrogens (tertiary/aromatic N) is 2. The number of halogens is 1. The molecule has 0 radical (unpaired) electrons. The molecule has 0 spiro atoms. The highest BCUT2D eigenvalue weighted by Crippen LogP contribution is 2.24. The van der Waals surface area contributed by atoms with Gasteiger partial charge >= 0.3 is 0 Å². The highest BCUT2D eigenvalue weighted by molar-refractivity contribution is 7.13. The zero-order chi connectivity index (χ0) is 19.2. The molecule has 3 aromatic rings. The molecule has 1 heterocycles. The summed E-state index contributed by atoms with van der Waals surface area (Å²) < 4.78 is 12.9. The fraction of sp³-hybridized carbons (Fsp3) is 0.238. The zero-order valence-corrected chi connectivity index (χ0v) is 16.2. The number of likely N-dealkylation sites (N-methyl/N-ethyl adjacent to an activating group) is 1. The Hall–Kier alpha value is -2.57. The summed E-state index contributed by atoms with van der Waals surface area (Å²) in [6.45, 7) is 2.95. The van der Waals surface area contributed by atoms with E-state index in [2.05, 4.69) is 41.5 Å². The molecule has 1 amide bonds. The summed E-state index contributed by atoms with van der Waals surface area (Å²) in [5.41, 5.74) is 3.94. The van der Waals surface area contributed by atoms with Gasteiger partial charge in [0.05, 0.1) is 12.2 Å². The molecule has 0 unspecified atom stereocenters. The van der Waals surface area contributed by atoms with Crippen LogP contribution < -0.4 is 5.32 Å². The Morgan fingerprint density at radius 1 is 1.15 bits per heavy atom. The van der Waals surface area contributed by atoms with E-state index in [4.69, 9.17) is 0 Å². The highest BCUT2D eigenvalue weighted by Gasteiger charge is 2.11. The Kier molecular flexibility index (Phi) is 6.32.